The maximum absolute atomic E-state index is 11.6. The molecule has 0 nitrogen and oxygen atoms in total. The lowest BCUT2D eigenvalue weighted by Crippen LogP contribution is -1.71. The molecule has 1 rings (SSSR count). The van der Waals surface area contributed by atoms with Crippen molar-refractivity contribution in [3.05, 3.63) is 41.7 Å². The summed E-state index contributed by atoms with van der Waals surface area (Å²) in [5.41, 5.74) is 2.09. The van der Waals surface area contributed by atoms with Gasteiger partial charge < -0.3 is 0 Å². The Morgan fingerprint density at radius 3 is 2.30 bits per heavy atom. The summed E-state index contributed by atoms with van der Waals surface area (Å²) in [7, 11) is 0. The van der Waals surface area contributed by atoms with Gasteiger partial charge >= 0.3 is 0 Å². The molecule has 0 saturated carbocycles. The Bertz CT molecular complexity index is 221. The van der Waals surface area contributed by atoms with Crippen molar-refractivity contribution in [3.63, 3.8) is 0 Å². The first-order valence-electron chi connectivity index (χ1n) is 3.16. The van der Waals surface area contributed by atoms with E-state index in [4.69, 9.17) is 0 Å². The topological polar surface area (TPSA) is 0 Å². The van der Waals surface area contributed by atoms with Crippen molar-refractivity contribution in [3.8, 4) is 0 Å². The fourth-order valence-corrected chi connectivity index (χ4v) is 0.750. The zero-order valence-electron chi connectivity index (χ0n) is 5.84. The lowest BCUT2D eigenvalue weighted by Gasteiger charge is -1.91. The summed E-state index contributed by atoms with van der Waals surface area (Å²) in [4.78, 5) is 0. The SMILES string of the molecule is Cc1ccc(/C=C/F)cc1. The largest absolute Gasteiger partial charge is 0.216 e. The molecule has 0 aromatic heterocycles. The third-order valence-electron chi connectivity index (χ3n) is 1.33. The zero-order valence-corrected chi connectivity index (χ0v) is 5.84. The van der Waals surface area contributed by atoms with Crippen molar-refractivity contribution in [2.75, 3.05) is 0 Å². The Morgan fingerprint density at radius 2 is 1.80 bits per heavy atom. The lowest BCUT2D eigenvalue weighted by atomic mass is 10.1. The molecule has 0 aliphatic rings. The first-order chi connectivity index (χ1) is 4.83. The van der Waals surface area contributed by atoms with Gasteiger partial charge in [0.1, 0.15) is 0 Å². The van der Waals surface area contributed by atoms with Gasteiger partial charge in [-0.2, -0.15) is 0 Å². The second-order valence-electron chi connectivity index (χ2n) is 2.20. The Kier molecular flexibility index (Phi) is 2.21. The first kappa shape index (κ1) is 7.00. The number of rotatable bonds is 1. The van der Waals surface area contributed by atoms with Crippen LogP contribution in [-0.4, -0.2) is 0 Å². The highest BCUT2D eigenvalue weighted by Gasteiger charge is 1.84. The highest BCUT2D eigenvalue weighted by atomic mass is 19.1. The van der Waals surface area contributed by atoms with Crippen LogP contribution in [0.3, 0.4) is 0 Å². The van der Waals surface area contributed by atoms with Gasteiger partial charge in [0.15, 0.2) is 0 Å². The Balaban J connectivity index is 2.89. The molecule has 1 heteroatoms. The maximum atomic E-state index is 11.6. The second kappa shape index (κ2) is 3.16. The van der Waals surface area contributed by atoms with Crippen molar-refractivity contribution >= 4 is 6.08 Å². The van der Waals surface area contributed by atoms with Crippen molar-refractivity contribution in [2.45, 2.75) is 6.92 Å². The van der Waals surface area contributed by atoms with Gasteiger partial charge in [-0.25, -0.2) is 4.39 Å². The van der Waals surface area contributed by atoms with Crippen LogP contribution in [0.2, 0.25) is 0 Å². The van der Waals surface area contributed by atoms with Gasteiger partial charge in [0.25, 0.3) is 0 Å². The molecule has 0 aliphatic carbocycles. The van der Waals surface area contributed by atoms with Crippen molar-refractivity contribution in [1.82, 2.24) is 0 Å². The van der Waals surface area contributed by atoms with Crippen LogP contribution in [0.1, 0.15) is 11.1 Å². The van der Waals surface area contributed by atoms with Gasteiger partial charge in [0, 0.05) is 0 Å². The lowest BCUT2D eigenvalue weighted by molar-refractivity contribution is 0.727. The molecule has 10 heavy (non-hydrogen) atoms. The maximum Gasteiger partial charge on any atom is 0.0872 e. The smallest absolute Gasteiger partial charge is 0.0872 e. The number of hydrogen-bond acceptors (Lipinski definition) is 0. The molecule has 0 N–H and O–H groups in total. The number of aryl methyl sites for hydroxylation is 1. The van der Waals surface area contributed by atoms with Crippen LogP contribution in [0, 0.1) is 6.92 Å². The van der Waals surface area contributed by atoms with Gasteiger partial charge in [-0.15, -0.1) is 0 Å². The van der Waals surface area contributed by atoms with Crippen LogP contribution in [0.4, 0.5) is 4.39 Å². The van der Waals surface area contributed by atoms with E-state index in [1.807, 2.05) is 31.2 Å². The molecule has 1 aromatic rings. The number of halogens is 1. The second-order valence-corrected chi connectivity index (χ2v) is 2.20. The van der Waals surface area contributed by atoms with Crippen LogP contribution in [0.5, 0.6) is 0 Å². The number of hydrogen-bond donors (Lipinski definition) is 0. The molecule has 0 amide bonds. The summed E-state index contributed by atoms with van der Waals surface area (Å²) >= 11 is 0. The monoisotopic (exact) mass is 136 g/mol. The van der Waals surface area contributed by atoms with Crippen LogP contribution >= 0.6 is 0 Å². The van der Waals surface area contributed by atoms with E-state index < -0.39 is 0 Å². The van der Waals surface area contributed by atoms with Crippen molar-refractivity contribution in [2.24, 2.45) is 0 Å². The molecule has 0 radical (unpaired) electrons. The molecule has 0 saturated heterocycles. The average Bonchev–Trinajstić information content (AvgIpc) is 1.95. The average molecular weight is 136 g/mol. The van der Waals surface area contributed by atoms with Crippen LogP contribution in [-0.2, 0) is 0 Å². The molecule has 0 fully saturated rings. The Morgan fingerprint density at radius 1 is 1.20 bits per heavy atom. The Hall–Kier alpha value is -1.11. The minimum Gasteiger partial charge on any atom is -0.216 e. The van der Waals surface area contributed by atoms with E-state index in [1.54, 1.807) is 0 Å². The van der Waals surface area contributed by atoms with Crippen molar-refractivity contribution in [1.29, 1.82) is 0 Å². The summed E-state index contributed by atoms with van der Waals surface area (Å²) in [6.07, 6.45) is 1.98. The molecular formula is C9H9F. The molecule has 0 bridgehead atoms. The normalized spacial score (nSPS) is 10.6. The van der Waals surface area contributed by atoms with Gasteiger partial charge in [0.05, 0.1) is 6.33 Å². The standard InChI is InChI=1S/C9H9F/c1-8-2-4-9(5-3-8)6-7-10/h2-7H,1H3/b7-6+. The zero-order chi connectivity index (χ0) is 7.40. The molecule has 1 aromatic carbocycles. The van der Waals surface area contributed by atoms with E-state index in [9.17, 15) is 4.39 Å². The van der Waals surface area contributed by atoms with Crippen LogP contribution in [0.15, 0.2) is 30.6 Å². The summed E-state index contributed by atoms with van der Waals surface area (Å²) in [6, 6.07) is 7.67. The fourth-order valence-electron chi connectivity index (χ4n) is 0.750. The molecule has 0 spiro atoms. The van der Waals surface area contributed by atoms with Gasteiger partial charge in [-0.05, 0) is 18.6 Å². The minimum atomic E-state index is 0.546. The molecule has 0 unspecified atom stereocenters. The fraction of sp³-hybridized carbons (Fsp3) is 0.111. The summed E-state index contributed by atoms with van der Waals surface area (Å²) in [5, 5.41) is 0. The number of benzene rings is 1. The van der Waals surface area contributed by atoms with E-state index in [1.165, 1.54) is 11.6 Å². The van der Waals surface area contributed by atoms with E-state index >= 15 is 0 Å². The van der Waals surface area contributed by atoms with Gasteiger partial charge in [-0.3, -0.25) is 0 Å². The van der Waals surface area contributed by atoms with E-state index in [0.717, 1.165) is 5.56 Å². The predicted octanol–water partition coefficient (Wildman–Crippen LogP) is 2.94. The summed E-state index contributed by atoms with van der Waals surface area (Å²) in [5.74, 6) is 0. The first-order valence-corrected chi connectivity index (χ1v) is 3.16. The minimum absolute atomic E-state index is 0.546. The van der Waals surface area contributed by atoms with E-state index in [2.05, 4.69) is 0 Å². The third-order valence-corrected chi connectivity index (χ3v) is 1.33. The third kappa shape index (κ3) is 1.69. The van der Waals surface area contributed by atoms with Crippen LogP contribution < -0.4 is 0 Å². The molecule has 52 valence electrons. The van der Waals surface area contributed by atoms with Gasteiger partial charge in [0.2, 0.25) is 0 Å². The molecule has 0 heterocycles. The highest BCUT2D eigenvalue weighted by Crippen LogP contribution is 2.04. The molecular weight excluding hydrogens is 127 g/mol. The predicted molar refractivity (Wildman–Crippen MR) is 41.3 cm³/mol. The van der Waals surface area contributed by atoms with E-state index in [0.29, 0.717) is 6.33 Å². The quantitative estimate of drug-likeness (QED) is 0.556. The summed E-state index contributed by atoms with van der Waals surface area (Å²) in [6.45, 7) is 2.00. The van der Waals surface area contributed by atoms with Crippen LogP contribution in [0.25, 0.3) is 6.08 Å². The van der Waals surface area contributed by atoms with E-state index in [-0.39, 0.29) is 0 Å². The van der Waals surface area contributed by atoms with Crippen molar-refractivity contribution < 1.29 is 4.39 Å². The molecule has 0 aliphatic heterocycles. The summed E-state index contributed by atoms with van der Waals surface area (Å²) < 4.78 is 11.6. The van der Waals surface area contributed by atoms with Gasteiger partial charge in [-0.1, -0.05) is 29.8 Å². The molecule has 0 atom stereocenters. The Labute approximate surface area is 60.0 Å². The highest BCUT2D eigenvalue weighted by molar-refractivity contribution is 5.48.